The highest BCUT2D eigenvalue weighted by Crippen LogP contribution is 2.28. The van der Waals surface area contributed by atoms with Crippen molar-refractivity contribution < 1.29 is 9.64 Å². The molecule has 1 unspecified atom stereocenters. The number of morpholine rings is 1. The summed E-state index contributed by atoms with van der Waals surface area (Å²) in [7, 11) is 0. The molecule has 2 aromatic rings. The zero-order chi connectivity index (χ0) is 17.6. The molecule has 1 fully saturated rings. The predicted molar refractivity (Wildman–Crippen MR) is 105 cm³/mol. The van der Waals surface area contributed by atoms with E-state index >= 15 is 0 Å². The van der Waals surface area contributed by atoms with Gasteiger partial charge in [0.15, 0.2) is 4.34 Å². The molecule has 3 rings (SSSR count). The van der Waals surface area contributed by atoms with Gasteiger partial charge in [0.1, 0.15) is 19.2 Å². The van der Waals surface area contributed by atoms with Gasteiger partial charge in [0.05, 0.1) is 13.2 Å². The molecule has 1 aromatic heterocycles. The van der Waals surface area contributed by atoms with Gasteiger partial charge in [-0.1, -0.05) is 49.1 Å². The first kappa shape index (κ1) is 18.6. The molecule has 0 aliphatic carbocycles. The molecular weight excluding hydrogens is 352 g/mol. The average Bonchev–Trinajstić information content (AvgIpc) is 3.00. The molecule has 25 heavy (non-hydrogen) atoms. The molecule has 1 aliphatic rings. The Hall–Kier alpha value is -1.15. The molecular formula is C18H27N4OS2+. The molecule has 2 heterocycles. The Bertz CT molecular complexity index is 677. The van der Waals surface area contributed by atoms with Crippen LogP contribution in [0.1, 0.15) is 19.4 Å². The van der Waals surface area contributed by atoms with Crippen molar-refractivity contribution in [3.8, 4) is 0 Å². The summed E-state index contributed by atoms with van der Waals surface area (Å²) in [4.78, 5) is 1.66. The second kappa shape index (κ2) is 8.98. The lowest BCUT2D eigenvalue weighted by molar-refractivity contribution is -0.914. The minimum Gasteiger partial charge on any atom is -0.366 e. The molecule has 5 nitrogen and oxygen atoms in total. The average molecular weight is 380 g/mol. The van der Waals surface area contributed by atoms with E-state index in [-0.39, 0.29) is 0 Å². The van der Waals surface area contributed by atoms with Crippen LogP contribution < -0.4 is 10.2 Å². The van der Waals surface area contributed by atoms with Crippen LogP contribution in [0.15, 0.2) is 28.6 Å². The van der Waals surface area contributed by atoms with Crippen molar-refractivity contribution in [3.63, 3.8) is 0 Å². The van der Waals surface area contributed by atoms with E-state index in [1.54, 1.807) is 28.0 Å². The summed E-state index contributed by atoms with van der Waals surface area (Å²) in [5.41, 5.74) is 2.28. The maximum absolute atomic E-state index is 5.93. The van der Waals surface area contributed by atoms with Crippen molar-refractivity contribution >= 4 is 33.9 Å². The number of quaternary nitrogens is 1. The number of benzene rings is 1. The topological polar surface area (TPSA) is 51.5 Å². The van der Waals surface area contributed by atoms with Gasteiger partial charge in [-0.25, -0.2) is 0 Å². The predicted octanol–water partition coefficient (Wildman–Crippen LogP) is 2.62. The Balaban J connectivity index is 1.48. The fraction of sp³-hybridized carbons (Fsp3) is 0.556. The van der Waals surface area contributed by atoms with E-state index in [1.165, 1.54) is 12.1 Å². The Labute approximate surface area is 158 Å². The number of hydrogen-bond acceptors (Lipinski definition) is 6. The summed E-state index contributed by atoms with van der Waals surface area (Å²) in [6.45, 7) is 11.0. The van der Waals surface area contributed by atoms with Gasteiger partial charge in [-0.2, -0.15) is 0 Å². The van der Waals surface area contributed by atoms with Crippen LogP contribution in [0.25, 0.3) is 0 Å². The van der Waals surface area contributed by atoms with E-state index in [9.17, 15) is 0 Å². The fourth-order valence-corrected chi connectivity index (χ4v) is 4.87. The van der Waals surface area contributed by atoms with Gasteiger partial charge >= 0.3 is 0 Å². The molecule has 0 amide bonds. The lowest BCUT2D eigenvalue weighted by atomic mass is 10.2. The zero-order valence-corrected chi connectivity index (χ0v) is 16.8. The molecule has 136 valence electrons. The number of ether oxygens (including phenoxy) is 1. The maximum Gasteiger partial charge on any atom is 0.210 e. The van der Waals surface area contributed by atoms with E-state index in [0.717, 1.165) is 46.5 Å². The molecule has 0 spiro atoms. The molecule has 7 heteroatoms. The van der Waals surface area contributed by atoms with Gasteiger partial charge in [-0.05, 0) is 24.6 Å². The summed E-state index contributed by atoms with van der Waals surface area (Å²) in [5.74, 6) is 1.68. The molecule has 1 aromatic carbocycles. The molecule has 0 bridgehead atoms. The summed E-state index contributed by atoms with van der Waals surface area (Å²) in [6, 6.07) is 8.28. The monoisotopic (exact) mass is 379 g/mol. The van der Waals surface area contributed by atoms with E-state index in [4.69, 9.17) is 4.74 Å². The number of nitrogens with zero attached hydrogens (tertiary/aromatic N) is 2. The number of aromatic nitrogens is 2. The third-order valence-electron chi connectivity index (χ3n) is 4.09. The number of anilines is 2. The van der Waals surface area contributed by atoms with Gasteiger partial charge in [0.2, 0.25) is 5.13 Å². The number of hydrogen-bond donors (Lipinski definition) is 2. The number of aryl methyl sites for hydroxylation is 1. The lowest BCUT2D eigenvalue weighted by Gasteiger charge is -2.30. The number of thioether (sulfide) groups is 1. The van der Waals surface area contributed by atoms with Crippen molar-refractivity contribution in [2.45, 2.75) is 31.2 Å². The smallest absolute Gasteiger partial charge is 0.210 e. The Morgan fingerprint density at radius 2 is 2.28 bits per heavy atom. The molecule has 0 radical (unpaired) electrons. The summed E-state index contributed by atoms with van der Waals surface area (Å²) in [5, 5.41) is 12.7. The van der Waals surface area contributed by atoms with Gasteiger partial charge in [-0.15, -0.1) is 10.2 Å². The van der Waals surface area contributed by atoms with Gasteiger partial charge in [0.25, 0.3) is 0 Å². The highest BCUT2D eigenvalue weighted by atomic mass is 32.2. The number of nitrogens with one attached hydrogen (secondary N) is 2. The van der Waals surface area contributed by atoms with Gasteiger partial charge in [-0.3, -0.25) is 0 Å². The first-order valence-electron chi connectivity index (χ1n) is 8.83. The molecule has 2 N–H and O–H groups in total. The first-order valence-corrected chi connectivity index (χ1v) is 10.6. The van der Waals surface area contributed by atoms with Crippen molar-refractivity contribution in [2.24, 2.45) is 5.92 Å². The van der Waals surface area contributed by atoms with Crippen LogP contribution in [0.3, 0.4) is 0 Å². The van der Waals surface area contributed by atoms with Crippen LogP contribution >= 0.6 is 23.1 Å². The van der Waals surface area contributed by atoms with Crippen LogP contribution in [0.5, 0.6) is 0 Å². The molecule has 1 aliphatic heterocycles. The largest absolute Gasteiger partial charge is 0.366 e. The lowest BCUT2D eigenvalue weighted by Crippen LogP contribution is -3.15. The third-order valence-corrected chi connectivity index (χ3v) is 6.19. The highest BCUT2D eigenvalue weighted by Gasteiger charge is 2.24. The Morgan fingerprint density at radius 3 is 3.08 bits per heavy atom. The summed E-state index contributed by atoms with van der Waals surface area (Å²) in [6.07, 6.45) is 0.310. The normalized spacial score (nSPS) is 20.8. The first-order chi connectivity index (χ1) is 12.1. The van der Waals surface area contributed by atoms with Crippen LogP contribution in [-0.4, -0.2) is 48.3 Å². The second-order valence-corrected chi connectivity index (χ2v) is 9.22. The second-order valence-electron chi connectivity index (χ2n) is 6.97. The number of rotatable bonds is 7. The quantitative estimate of drug-likeness (QED) is 0.725. The fourth-order valence-electron chi connectivity index (χ4n) is 3.05. The molecule has 1 saturated heterocycles. The van der Waals surface area contributed by atoms with E-state index < -0.39 is 0 Å². The van der Waals surface area contributed by atoms with Crippen molar-refractivity contribution in [3.05, 3.63) is 29.8 Å². The molecule has 2 atom stereocenters. The molecule has 0 saturated carbocycles. The van der Waals surface area contributed by atoms with E-state index in [0.29, 0.717) is 6.10 Å². The zero-order valence-electron chi connectivity index (χ0n) is 15.1. The summed E-state index contributed by atoms with van der Waals surface area (Å²) >= 11 is 3.35. The Kier molecular flexibility index (Phi) is 6.70. The minimum absolute atomic E-state index is 0.310. The summed E-state index contributed by atoms with van der Waals surface area (Å²) < 4.78 is 6.92. The van der Waals surface area contributed by atoms with Crippen LogP contribution in [0.4, 0.5) is 10.8 Å². The minimum atomic E-state index is 0.310. The SMILES string of the molecule is Cc1cccc(Nc2nnc(SC[C@@H]3C[NH+](CC(C)C)CCO3)s2)c1. The Morgan fingerprint density at radius 1 is 1.40 bits per heavy atom. The maximum atomic E-state index is 5.93. The van der Waals surface area contributed by atoms with E-state index in [1.807, 2.05) is 12.1 Å². The van der Waals surface area contributed by atoms with Crippen molar-refractivity contribution in [2.75, 3.05) is 37.3 Å². The highest BCUT2D eigenvalue weighted by molar-refractivity contribution is 8.01. The van der Waals surface area contributed by atoms with Crippen LogP contribution in [0.2, 0.25) is 0 Å². The van der Waals surface area contributed by atoms with Crippen LogP contribution in [-0.2, 0) is 4.74 Å². The van der Waals surface area contributed by atoms with Crippen molar-refractivity contribution in [1.29, 1.82) is 0 Å². The van der Waals surface area contributed by atoms with Crippen molar-refractivity contribution in [1.82, 2.24) is 10.2 Å². The van der Waals surface area contributed by atoms with Gasteiger partial charge in [0, 0.05) is 17.4 Å². The van der Waals surface area contributed by atoms with Crippen LogP contribution in [0, 0.1) is 12.8 Å². The van der Waals surface area contributed by atoms with Gasteiger partial charge < -0.3 is 15.0 Å². The van der Waals surface area contributed by atoms with E-state index in [2.05, 4.69) is 48.4 Å². The standard InChI is InChI=1S/C18H26N4OS2/c1-13(2)10-22-7-8-23-16(11-22)12-24-18-21-20-17(25-18)19-15-6-4-5-14(3)9-15/h4-6,9,13,16H,7-8,10-12H2,1-3H3,(H,19,20)/p+1/t16-/m0/s1. The third kappa shape index (κ3) is 5.95.